The number of hydrogen-bond donors (Lipinski definition) is 2. The summed E-state index contributed by atoms with van der Waals surface area (Å²) in [4.78, 5) is 25.9. The first-order valence-corrected chi connectivity index (χ1v) is 9.68. The second-order valence-corrected chi connectivity index (χ2v) is 7.44. The lowest BCUT2D eigenvalue weighted by molar-refractivity contribution is -0.123. The number of nitrogens with two attached hydrogens (primary N) is 1. The number of hydrogen-bond acceptors (Lipinski definition) is 3. The second kappa shape index (κ2) is 8.99. The van der Waals surface area contributed by atoms with Crippen molar-refractivity contribution < 1.29 is 9.59 Å². The van der Waals surface area contributed by atoms with Gasteiger partial charge in [-0.25, -0.2) is 0 Å². The van der Waals surface area contributed by atoms with E-state index in [-0.39, 0.29) is 23.7 Å². The molecule has 2 aliphatic rings. The smallest absolute Gasteiger partial charge is 0.227 e. The Kier molecular flexibility index (Phi) is 6.45. The van der Waals surface area contributed by atoms with Crippen molar-refractivity contribution in [2.24, 2.45) is 17.6 Å². The minimum atomic E-state index is -0.161. The molecule has 3 rings (SSSR count). The maximum absolute atomic E-state index is 12.3. The van der Waals surface area contributed by atoms with Crippen LogP contribution in [-0.2, 0) is 16.0 Å². The highest BCUT2D eigenvalue weighted by molar-refractivity contribution is 5.92. The van der Waals surface area contributed by atoms with Gasteiger partial charge in [-0.15, -0.1) is 0 Å². The second-order valence-electron chi connectivity index (χ2n) is 7.44. The van der Waals surface area contributed by atoms with E-state index in [9.17, 15) is 9.59 Å². The van der Waals surface area contributed by atoms with Crippen molar-refractivity contribution in [3.8, 4) is 0 Å². The van der Waals surface area contributed by atoms with Crippen LogP contribution in [0.15, 0.2) is 36.4 Å². The average molecular weight is 355 g/mol. The standard InChI is InChI=1S/C21H29N3O2/c22-20(25)17-11-14-24(15-12-17)13-10-16-6-8-19(9-7-16)23-21(26)18-4-2-1-3-5-18/h1-2,6-9,17-18H,3-5,10-15H2,(H2,22,25)(H,23,26)/t18-/m0/s1. The van der Waals surface area contributed by atoms with Crippen LogP contribution in [0.2, 0.25) is 0 Å². The summed E-state index contributed by atoms with van der Waals surface area (Å²) >= 11 is 0. The topological polar surface area (TPSA) is 75.4 Å². The zero-order valence-electron chi connectivity index (χ0n) is 15.3. The van der Waals surface area contributed by atoms with Crippen LogP contribution in [0.4, 0.5) is 5.69 Å². The van der Waals surface area contributed by atoms with E-state index in [4.69, 9.17) is 5.73 Å². The number of anilines is 1. The molecular weight excluding hydrogens is 326 g/mol. The van der Waals surface area contributed by atoms with E-state index >= 15 is 0 Å². The van der Waals surface area contributed by atoms with E-state index in [1.165, 1.54) is 5.56 Å². The molecule has 2 amide bonds. The fourth-order valence-electron chi connectivity index (χ4n) is 3.76. The van der Waals surface area contributed by atoms with Gasteiger partial charge in [0.1, 0.15) is 0 Å². The van der Waals surface area contributed by atoms with Gasteiger partial charge in [-0.3, -0.25) is 9.59 Å². The number of allylic oxidation sites excluding steroid dienone is 2. The number of primary amides is 1. The monoisotopic (exact) mass is 355 g/mol. The van der Waals surface area contributed by atoms with Crippen LogP contribution in [0.5, 0.6) is 0 Å². The maximum atomic E-state index is 12.3. The van der Waals surface area contributed by atoms with Gasteiger partial charge < -0.3 is 16.0 Å². The highest BCUT2D eigenvalue weighted by Crippen LogP contribution is 2.21. The third-order valence-corrected chi connectivity index (χ3v) is 5.57. The summed E-state index contributed by atoms with van der Waals surface area (Å²) in [5.74, 6) is 0.114. The number of nitrogens with zero attached hydrogens (tertiary/aromatic N) is 1. The molecule has 0 aromatic heterocycles. The SMILES string of the molecule is NC(=O)C1CCN(CCc2ccc(NC(=O)[C@H]3CC=CCC3)cc2)CC1. The molecule has 1 fully saturated rings. The third-order valence-electron chi connectivity index (χ3n) is 5.57. The molecule has 1 aliphatic carbocycles. The van der Waals surface area contributed by atoms with Crippen molar-refractivity contribution in [2.45, 2.75) is 38.5 Å². The van der Waals surface area contributed by atoms with Crippen LogP contribution in [0.25, 0.3) is 0 Å². The van der Waals surface area contributed by atoms with Gasteiger partial charge in [0.15, 0.2) is 0 Å². The first-order valence-electron chi connectivity index (χ1n) is 9.68. The molecule has 140 valence electrons. The number of amides is 2. The molecule has 5 nitrogen and oxygen atoms in total. The molecule has 0 saturated carbocycles. The van der Waals surface area contributed by atoms with Gasteiger partial charge in [0.2, 0.25) is 11.8 Å². The summed E-state index contributed by atoms with van der Waals surface area (Å²) < 4.78 is 0. The van der Waals surface area contributed by atoms with E-state index in [0.29, 0.717) is 0 Å². The lowest BCUT2D eigenvalue weighted by Gasteiger charge is -2.30. The van der Waals surface area contributed by atoms with Crippen LogP contribution < -0.4 is 11.1 Å². The van der Waals surface area contributed by atoms with Crippen molar-refractivity contribution in [3.05, 3.63) is 42.0 Å². The van der Waals surface area contributed by atoms with Crippen molar-refractivity contribution in [1.82, 2.24) is 4.90 Å². The quantitative estimate of drug-likeness (QED) is 0.771. The number of carbonyl (C=O) groups is 2. The number of rotatable bonds is 6. The molecule has 0 spiro atoms. The molecule has 0 unspecified atom stereocenters. The molecule has 1 heterocycles. The molecule has 1 aromatic rings. The minimum Gasteiger partial charge on any atom is -0.369 e. The highest BCUT2D eigenvalue weighted by atomic mass is 16.2. The minimum absolute atomic E-state index is 0.0498. The van der Waals surface area contributed by atoms with Gasteiger partial charge in [0.25, 0.3) is 0 Å². The number of carbonyl (C=O) groups excluding carboxylic acids is 2. The fourth-order valence-corrected chi connectivity index (χ4v) is 3.76. The first kappa shape index (κ1) is 18.6. The predicted octanol–water partition coefficient (Wildman–Crippen LogP) is 2.72. The van der Waals surface area contributed by atoms with Crippen LogP contribution in [0, 0.1) is 11.8 Å². The number of likely N-dealkylation sites (tertiary alicyclic amines) is 1. The fraction of sp³-hybridized carbons (Fsp3) is 0.524. The Bertz CT molecular complexity index is 646. The zero-order chi connectivity index (χ0) is 18.4. The summed E-state index contributed by atoms with van der Waals surface area (Å²) in [6.07, 6.45) is 9.74. The summed E-state index contributed by atoms with van der Waals surface area (Å²) in [5, 5.41) is 3.03. The van der Waals surface area contributed by atoms with Crippen molar-refractivity contribution >= 4 is 17.5 Å². The van der Waals surface area contributed by atoms with Gasteiger partial charge in [-0.2, -0.15) is 0 Å². The average Bonchev–Trinajstić information content (AvgIpc) is 2.68. The van der Waals surface area contributed by atoms with Crippen molar-refractivity contribution in [2.75, 3.05) is 25.0 Å². The molecule has 5 heteroatoms. The van der Waals surface area contributed by atoms with Gasteiger partial charge in [-0.05, 0) is 69.3 Å². The van der Waals surface area contributed by atoms with Crippen molar-refractivity contribution in [3.63, 3.8) is 0 Å². The number of piperidine rings is 1. The van der Waals surface area contributed by atoms with E-state index in [0.717, 1.165) is 63.8 Å². The van der Waals surface area contributed by atoms with Gasteiger partial charge in [0.05, 0.1) is 0 Å². The largest absolute Gasteiger partial charge is 0.369 e. The lowest BCUT2D eigenvalue weighted by atomic mass is 9.93. The lowest BCUT2D eigenvalue weighted by Crippen LogP contribution is -2.39. The van der Waals surface area contributed by atoms with Crippen LogP contribution in [0.1, 0.15) is 37.7 Å². The normalized spacial score (nSPS) is 21.5. The molecular formula is C21H29N3O2. The Hall–Kier alpha value is -2.14. The van der Waals surface area contributed by atoms with Crippen LogP contribution in [-0.4, -0.2) is 36.3 Å². The van der Waals surface area contributed by atoms with E-state index < -0.39 is 0 Å². The Labute approximate surface area is 155 Å². The molecule has 0 radical (unpaired) electrons. The van der Waals surface area contributed by atoms with E-state index in [2.05, 4.69) is 34.5 Å². The number of benzene rings is 1. The Balaban J connectivity index is 1.42. The molecule has 1 aromatic carbocycles. The third kappa shape index (κ3) is 5.18. The summed E-state index contributed by atoms with van der Waals surface area (Å²) in [6, 6.07) is 8.16. The number of nitrogens with one attached hydrogen (secondary N) is 1. The molecule has 26 heavy (non-hydrogen) atoms. The summed E-state index contributed by atoms with van der Waals surface area (Å²) in [5.41, 5.74) is 7.52. The van der Waals surface area contributed by atoms with Gasteiger partial charge in [0, 0.05) is 24.1 Å². The molecule has 3 N–H and O–H groups in total. The Morgan fingerprint density at radius 1 is 1.04 bits per heavy atom. The summed E-state index contributed by atoms with van der Waals surface area (Å²) in [7, 11) is 0. The van der Waals surface area contributed by atoms with Crippen LogP contribution >= 0.6 is 0 Å². The van der Waals surface area contributed by atoms with Crippen molar-refractivity contribution in [1.29, 1.82) is 0 Å². The summed E-state index contributed by atoms with van der Waals surface area (Å²) in [6.45, 7) is 2.88. The van der Waals surface area contributed by atoms with Gasteiger partial charge in [-0.1, -0.05) is 24.3 Å². The van der Waals surface area contributed by atoms with E-state index in [1.54, 1.807) is 0 Å². The Morgan fingerprint density at radius 3 is 2.38 bits per heavy atom. The Morgan fingerprint density at radius 2 is 1.77 bits per heavy atom. The van der Waals surface area contributed by atoms with Crippen LogP contribution in [0.3, 0.4) is 0 Å². The predicted molar refractivity (Wildman–Crippen MR) is 104 cm³/mol. The van der Waals surface area contributed by atoms with E-state index in [1.807, 2.05) is 12.1 Å². The molecule has 0 bridgehead atoms. The maximum Gasteiger partial charge on any atom is 0.227 e. The van der Waals surface area contributed by atoms with Gasteiger partial charge >= 0.3 is 0 Å². The molecule has 1 aliphatic heterocycles. The highest BCUT2D eigenvalue weighted by Gasteiger charge is 2.22. The molecule has 1 saturated heterocycles. The molecule has 1 atom stereocenters. The first-order chi connectivity index (χ1) is 12.6. The zero-order valence-corrected chi connectivity index (χ0v) is 15.3.